The van der Waals surface area contributed by atoms with E-state index in [9.17, 15) is 9.59 Å². The van der Waals surface area contributed by atoms with Crippen LogP contribution < -0.4 is 11.2 Å². The molecule has 0 saturated carbocycles. The average Bonchev–Trinajstić information content (AvgIpc) is 2.81. The molecule has 1 aromatic carbocycles. The monoisotopic (exact) mass is 284 g/mol. The average molecular weight is 284 g/mol. The van der Waals surface area contributed by atoms with Crippen LogP contribution in [0.5, 0.6) is 0 Å². The Balaban J connectivity index is 2.50. The van der Waals surface area contributed by atoms with Gasteiger partial charge in [0.05, 0.1) is 0 Å². The van der Waals surface area contributed by atoms with Crippen LogP contribution >= 0.6 is 0 Å². The van der Waals surface area contributed by atoms with Crippen LogP contribution in [-0.2, 0) is 21.1 Å². The van der Waals surface area contributed by atoms with Gasteiger partial charge in [-0.1, -0.05) is 24.3 Å². The van der Waals surface area contributed by atoms with Crippen LogP contribution in [0.2, 0.25) is 0 Å². The molecule has 0 unspecified atom stereocenters. The van der Waals surface area contributed by atoms with Crippen molar-refractivity contribution < 1.29 is 0 Å². The van der Waals surface area contributed by atoms with E-state index in [0.29, 0.717) is 17.0 Å². The van der Waals surface area contributed by atoms with Crippen LogP contribution in [0.4, 0.5) is 0 Å². The molecule has 0 N–H and O–H groups in total. The highest BCUT2D eigenvalue weighted by Gasteiger charge is 2.18. The van der Waals surface area contributed by atoms with E-state index in [4.69, 9.17) is 0 Å². The van der Waals surface area contributed by atoms with Crippen molar-refractivity contribution >= 4 is 11.2 Å². The van der Waals surface area contributed by atoms with Crippen LogP contribution in [0.3, 0.4) is 0 Å². The molecule has 0 atom stereocenters. The van der Waals surface area contributed by atoms with E-state index in [0.717, 1.165) is 15.7 Å². The Morgan fingerprint density at radius 2 is 1.62 bits per heavy atom. The molecule has 0 spiro atoms. The van der Waals surface area contributed by atoms with Gasteiger partial charge in [0.2, 0.25) is 0 Å². The van der Waals surface area contributed by atoms with E-state index in [1.165, 1.54) is 11.6 Å². The number of nitrogens with zero attached hydrogens (tertiary/aromatic N) is 4. The lowest BCUT2D eigenvalue weighted by atomic mass is 10.1. The van der Waals surface area contributed by atoms with Crippen molar-refractivity contribution in [1.82, 2.24) is 18.7 Å². The van der Waals surface area contributed by atoms with Crippen molar-refractivity contribution in [2.45, 2.75) is 6.92 Å². The summed E-state index contributed by atoms with van der Waals surface area (Å²) >= 11 is 0. The number of rotatable bonds is 1. The summed E-state index contributed by atoms with van der Waals surface area (Å²) in [5.41, 5.74) is 2.15. The quantitative estimate of drug-likeness (QED) is 0.668. The van der Waals surface area contributed by atoms with E-state index in [1.54, 1.807) is 18.7 Å². The maximum atomic E-state index is 12.3. The number of aromatic nitrogens is 4. The van der Waals surface area contributed by atoms with Crippen molar-refractivity contribution in [3.8, 4) is 11.4 Å². The van der Waals surface area contributed by atoms with Crippen LogP contribution in [-0.4, -0.2) is 18.7 Å². The fourth-order valence-corrected chi connectivity index (χ4v) is 2.58. The topological polar surface area (TPSA) is 61.8 Å². The van der Waals surface area contributed by atoms with Gasteiger partial charge in [-0.2, -0.15) is 0 Å². The molecule has 0 saturated heterocycles. The van der Waals surface area contributed by atoms with Gasteiger partial charge in [0, 0.05) is 26.7 Å². The maximum absolute atomic E-state index is 12.3. The fraction of sp³-hybridized carbons (Fsp3) is 0.267. The second-order valence-electron chi connectivity index (χ2n) is 5.19. The Morgan fingerprint density at radius 1 is 0.952 bits per heavy atom. The molecule has 0 bridgehead atoms. The highest BCUT2D eigenvalue weighted by molar-refractivity contribution is 5.77. The van der Waals surface area contributed by atoms with Crippen molar-refractivity contribution in [1.29, 1.82) is 0 Å². The van der Waals surface area contributed by atoms with Gasteiger partial charge in [0.15, 0.2) is 11.2 Å². The fourth-order valence-electron chi connectivity index (χ4n) is 2.58. The van der Waals surface area contributed by atoms with Gasteiger partial charge in [0.1, 0.15) is 5.82 Å². The first-order valence-electron chi connectivity index (χ1n) is 6.62. The second kappa shape index (κ2) is 4.44. The van der Waals surface area contributed by atoms with E-state index in [1.807, 2.05) is 31.2 Å². The number of aryl methyl sites for hydroxylation is 3. The third-order valence-corrected chi connectivity index (χ3v) is 3.86. The third-order valence-electron chi connectivity index (χ3n) is 3.86. The van der Waals surface area contributed by atoms with Crippen LogP contribution in [0.15, 0.2) is 33.9 Å². The predicted octanol–water partition coefficient (Wildman–Crippen LogP) is 0.946. The minimum Gasteiger partial charge on any atom is -0.321 e. The van der Waals surface area contributed by atoms with Gasteiger partial charge in [-0.25, -0.2) is 9.78 Å². The Morgan fingerprint density at radius 3 is 2.29 bits per heavy atom. The highest BCUT2D eigenvalue weighted by Crippen LogP contribution is 2.23. The zero-order chi connectivity index (χ0) is 15.3. The van der Waals surface area contributed by atoms with E-state index in [2.05, 4.69) is 4.98 Å². The molecular formula is C15H16N4O2. The van der Waals surface area contributed by atoms with Crippen molar-refractivity contribution in [3.05, 3.63) is 50.7 Å². The first-order valence-corrected chi connectivity index (χ1v) is 6.62. The van der Waals surface area contributed by atoms with E-state index < -0.39 is 0 Å². The molecule has 21 heavy (non-hydrogen) atoms. The van der Waals surface area contributed by atoms with E-state index >= 15 is 0 Å². The standard InChI is InChI=1S/C15H16N4O2/c1-9-7-5-6-8-10(9)12-16-13-11(17(12)2)14(20)19(4)15(21)18(13)3/h5-8H,1-4H3. The minimum absolute atomic E-state index is 0.331. The minimum atomic E-state index is -0.373. The second-order valence-corrected chi connectivity index (χ2v) is 5.19. The van der Waals surface area contributed by atoms with Crippen molar-refractivity contribution in [2.75, 3.05) is 0 Å². The molecule has 3 aromatic rings. The highest BCUT2D eigenvalue weighted by atomic mass is 16.2. The molecule has 2 aromatic heterocycles. The molecule has 0 amide bonds. The number of hydrogen-bond acceptors (Lipinski definition) is 3. The molecule has 108 valence electrons. The molecular weight excluding hydrogens is 268 g/mol. The van der Waals surface area contributed by atoms with Gasteiger partial charge in [-0.05, 0) is 12.5 Å². The summed E-state index contributed by atoms with van der Waals surface area (Å²) in [6.07, 6.45) is 0. The molecule has 0 aliphatic heterocycles. The predicted molar refractivity (Wildman–Crippen MR) is 81.4 cm³/mol. The lowest BCUT2D eigenvalue weighted by Gasteiger charge is -2.05. The summed E-state index contributed by atoms with van der Waals surface area (Å²) in [4.78, 5) is 28.9. The molecule has 0 aliphatic carbocycles. The van der Waals surface area contributed by atoms with Crippen LogP contribution in [0.1, 0.15) is 5.56 Å². The number of hydrogen-bond donors (Lipinski definition) is 0. The van der Waals surface area contributed by atoms with Gasteiger partial charge >= 0.3 is 5.69 Å². The van der Waals surface area contributed by atoms with Crippen molar-refractivity contribution in [3.63, 3.8) is 0 Å². The van der Waals surface area contributed by atoms with Crippen LogP contribution in [0, 0.1) is 6.92 Å². The Labute approximate surface area is 120 Å². The number of benzene rings is 1. The molecule has 6 nitrogen and oxygen atoms in total. The zero-order valence-electron chi connectivity index (χ0n) is 12.4. The molecule has 0 radical (unpaired) electrons. The summed E-state index contributed by atoms with van der Waals surface area (Å²) < 4.78 is 4.25. The zero-order valence-corrected chi connectivity index (χ0v) is 12.4. The molecule has 2 heterocycles. The normalized spacial score (nSPS) is 11.2. The van der Waals surface area contributed by atoms with Crippen molar-refractivity contribution in [2.24, 2.45) is 21.1 Å². The molecule has 6 heteroatoms. The van der Waals surface area contributed by atoms with Gasteiger partial charge < -0.3 is 4.57 Å². The largest absolute Gasteiger partial charge is 0.332 e. The van der Waals surface area contributed by atoms with Crippen LogP contribution in [0.25, 0.3) is 22.6 Å². The molecule has 0 fully saturated rings. The Hall–Kier alpha value is -2.63. The first kappa shape index (κ1) is 13.4. The summed E-state index contributed by atoms with van der Waals surface area (Å²) in [5.74, 6) is 0.682. The van der Waals surface area contributed by atoms with E-state index in [-0.39, 0.29) is 11.2 Å². The lowest BCUT2D eigenvalue weighted by Crippen LogP contribution is -2.37. The van der Waals surface area contributed by atoms with Gasteiger partial charge in [-0.3, -0.25) is 13.9 Å². The van der Waals surface area contributed by atoms with Gasteiger partial charge in [-0.15, -0.1) is 0 Å². The summed E-state index contributed by atoms with van der Waals surface area (Å²) in [6, 6.07) is 7.83. The van der Waals surface area contributed by atoms with Gasteiger partial charge in [0.25, 0.3) is 5.56 Å². The lowest BCUT2D eigenvalue weighted by molar-refractivity contribution is 0.705. The molecule has 0 aliphatic rings. The maximum Gasteiger partial charge on any atom is 0.332 e. The Bertz CT molecular complexity index is 976. The summed E-state index contributed by atoms with van der Waals surface area (Å²) in [6.45, 7) is 1.99. The Kier molecular flexibility index (Phi) is 2.83. The SMILES string of the molecule is Cc1ccccc1-c1nc2c(c(=O)n(C)c(=O)n2C)n1C. The first-order chi connectivity index (χ1) is 9.93. The number of imidazole rings is 1. The summed E-state index contributed by atoms with van der Waals surface area (Å²) in [5, 5.41) is 0. The summed E-state index contributed by atoms with van der Waals surface area (Å²) in [7, 11) is 4.90. The number of fused-ring (bicyclic) bond motifs is 1. The smallest absolute Gasteiger partial charge is 0.321 e. The third kappa shape index (κ3) is 1.75. The molecule has 3 rings (SSSR count).